The fourth-order valence-electron chi connectivity index (χ4n) is 6.22. The zero-order chi connectivity index (χ0) is 31.5. The van der Waals surface area contributed by atoms with E-state index in [9.17, 15) is 18.0 Å². The number of carbonyl (C=O) groups excluding carboxylic acids is 2. The summed E-state index contributed by atoms with van der Waals surface area (Å²) in [5, 5.41) is 7.38. The number of esters is 1. The van der Waals surface area contributed by atoms with Gasteiger partial charge in [-0.3, -0.25) is 9.48 Å². The van der Waals surface area contributed by atoms with Gasteiger partial charge in [0.05, 0.1) is 28.0 Å². The van der Waals surface area contributed by atoms with E-state index in [1.165, 1.54) is 24.3 Å². The Bertz CT molecular complexity index is 1590. The summed E-state index contributed by atoms with van der Waals surface area (Å²) in [6, 6.07) is 15.5. The predicted octanol–water partition coefficient (Wildman–Crippen LogP) is 4.82. The quantitative estimate of drug-likeness (QED) is 0.323. The van der Waals surface area contributed by atoms with E-state index >= 15 is 0 Å². The molecule has 2 aliphatic heterocycles. The molecule has 236 valence electrons. The number of fused-ring (bicyclic) bond motifs is 1. The highest BCUT2D eigenvalue weighted by molar-refractivity contribution is 7.92. The van der Waals surface area contributed by atoms with Gasteiger partial charge in [-0.1, -0.05) is 44.2 Å². The Balaban J connectivity index is 1.25. The Morgan fingerprint density at radius 1 is 1.11 bits per heavy atom. The van der Waals surface area contributed by atoms with E-state index in [0.717, 1.165) is 36.1 Å². The van der Waals surface area contributed by atoms with E-state index in [4.69, 9.17) is 14.6 Å². The number of rotatable bonds is 10. The van der Waals surface area contributed by atoms with Crippen LogP contribution in [0.3, 0.4) is 0 Å². The van der Waals surface area contributed by atoms with Crippen LogP contribution in [0.25, 0.3) is 0 Å². The summed E-state index contributed by atoms with van der Waals surface area (Å²) in [7, 11) is -3.57. The normalized spacial score (nSPS) is 17.4. The molecule has 5 rings (SSSR count). The number of amides is 1. The van der Waals surface area contributed by atoms with Crippen LogP contribution in [-0.2, 0) is 45.1 Å². The van der Waals surface area contributed by atoms with Gasteiger partial charge in [0, 0.05) is 43.7 Å². The number of aromatic nitrogens is 2. The van der Waals surface area contributed by atoms with Gasteiger partial charge in [-0.2, -0.15) is 5.10 Å². The number of hydrogen-bond acceptors (Lipinski definition) is 7. The Morgan fingerprint density at radius 2 is 1.80 bits per heavy atom. The minimum absolute atomic E-state index is 0.0505. The van der Waals surface area contributed by atoms with Crippen LogP contribution in [-0.4, -0.2) is 61.7 Å². The first-order chi connectivity index (χ1) is 20.9. The van der Waals surface area contributed by atoms with Gasteiger partial charge >= 0.3 is 5.97 Å². The van der Waals surface area contributed by atoms with Gasteiger partial charge in [-0.25, -0.2) is 13.2 Å². The molecule has 3 aromatic rings. The first-order valence-electron chi connectivity index (χ1n) is 15.4. The Labute approximate surface area is 260 Å². The smallest absolute Gasteiger partial charge is 0.338 e. The van der Waals surface area contributed by atoms with E-state index in [1.54, 1.807) is 11.6 Å². The molecule has 1 spiro atoms. The summed E-state index contributed by atoms with van der Waals surface area (Å²) < 4.78 is 39.5. The van der Waals surface area contributed by atoms with Crippen molar-refractivity contribution in [2.45, 2.75) is 76.5 Å². The lowest BCUT2D eigenvalue weighted by atomic mass is 9.74. The van der Waals surface area contributed by atoms with Crippen molar-refractivity contribution in [3.05, 3.63) is 82.7 Å². The topological polar surface area (TPSA) is 117 Å². The molecule has 9 nitrogen and oxygen atoms in total. The maximum Gasteiger partial charge on any atom is 0.338 e. The predicted molar refractivity (Wildman–Crippen MR) is 167 cm³/mol. The second kappa shape index (κ2) is 12.9. The summed E-state index contributed by atoms with van der Waals surface area (Å²) in [5.41, 5.74) is 3.22. The highest BCUT2D eigenvalue weighted by Crippen LogP contribution is 2.39. The number of aryl methyl sites for hydroxylation is 1. The van der Waals surface area contributed by atoms with Gasteiger partial charge < -0.3 is 14.8 Å². The standard InChI is InChI=1S/C34H43N3O6S/c1-5-37-30-28(20-34(22-35-31(30)38)15-17-42-18-16-34)29(36-37)21-33(3,4)23-43-32(39)26-11-13-27(14-12-26)44(40,41)24(2)19-25-9-7-6-8-10-25/h6-14,24H,5,15-23H2,1-4H3,(H,35,38). The van der Waals surface area contributed by atoms with Crippen molar-refractivity contribution in [1.29, 1.82) is 0 Å². The first-order valence-corrected chi connectivity index (χ1v) is 17.0. The third kappa shape index (κ3) is 6.91. The molecule has 1 unspecified atom stereocenters. The van der Waals surface area contributed by atoms with Crippen LogP contribution < -0.4 is 5.32 Å². The van der Waals surface area contributed by atoms with Crippen molar-refractivity contribution in [3.63, 3.8) is 0 Å². The highest BCUT2D eigenvalue weighted by Gasteiger charge is 2.40. The maximum absolute atomic E-state index is 13.2. The number of nitrogens with one attached hydrogen (secondary N) is 1. The summed E-state index contributed by atoms with van der Waals surface area (Å²) in [6.45, 7) is 10.4. The number of benzene rings is 2. The summed E-state index contributed by atoms with van der Waals surface area (Å²) in [5.74, 6) is -0.606. The average molecular weight is 622 g/mol. The van der Waals surface area contributed by atoms with Gasteiger partial charge in [-0.05, 0) is 74.8 Å². The fraction of sp³-hybridized carbons (Fsp3) is 0.500. The summed E-state index contributed by atoms with van der Waals surface area (Å²) in [4.78, 5) is 26.3. The molecule has 1 aromatic heterocycles. The van der Waals surface area contributed by atoms with E-state index in [2.05, 4.69) is 5.32 Å². The highest BCUT2D eigenvalue weighted by atomic mass is 32.2. The SMILES string of the molecule is CCn1nc(CC(C)(C)COC(=O)c2ccc(S(=O)(=O)C(C)Cc3ccccc3)cc2)c2c1C(=O)NCC1(CCOCC1)C2. The third-order valence-electron chi connectivity index (χ3n) is 8.93. The van der Waals surface area contributed by atoms with Crippen molar-refractivity contribution < 1.29 is 27.5 Å². The van der Waals surface area contributed by atoms with Crippen LogP contribution >= 0.6 is 0 Å². The van der Waals surface area contributed by atoms with Crippen LogP contribution in [0.1, 0.15) is 78.2 Å². The van der Waals surface area contributed by atoms with E-state index in [1.807, 2.05) is 51.1 Å². The monoisotopic (exact) mass is 621 g/mol. The largest absolute Gasteiger partial charge is 0.462 e. The Kier molecular flexibility index (Phi) is 9.32. The van der Waals surface area contributed by atoms with E-state index in [-0.39, 0.29) is 28.4 Å². The van der Waals surface area contributed by atoms with Gasteiger partial charge in [-0.15, -0.1) is 0 Å². The molecule has 1 amide bonds. The first kappa shape index (κ1) is 31.9. The zero-order valence-corrected chi connectivity index (χ0v) is 26.9. The number of sulfone groups is 1. The molecule has 10 heteroatoms. The lowest BCUT2D eigenvalue weighted by molar-refractivity contribution is 0.0159. The van der Waals surface area contributed by atoms with Gasteiger partial charge in [0.15, 0.2) is 9.84 Å². The molecule has 0 saturated carbocycles. The molecule has 2 aliphatic rings. The van der Waals surface area contributed by atoms with Gasteiger partial charge in [0.25, 0.3) is 5.91 Å². The molecule has 0 aliphatic carbocycles. The van der Waals surface area contributed by atoms with Crippen molar-refractivity contribution in [3.8, 4) is 0 Å². The lowest BCUT2D eigenvalue weighted by Gasteiger charge is -2.36. The molecule has 1 N–H and O–H groups in total. The molecular weight excluding hydrogens is 578 g/mol. The molecule has 2 aromatic carbocycles. The van der Waals surface area contributed by atoms with Crippen LogP contribution in [0.15, 0.2) is 59.5 Å². The van der Waals surface area contributed by atoms with Crippen LogP contribution in [0.4, 0.5) is 0 Å². The number of nitrogens with zero attached hydrogens (tertiary/aromatic N) is 2. The van der Waals surface area contributed by atoms with Crippen LogP contribution in [0, 0.1) is 10.8 Å². The molecular formula is C34H43N3O6S. The Hall–Kier alpha value is -3.50. The summed E-state index contributed by atoms with van der Waals surface area (Å²) in [6.07, 6.45) is 3.47. The van der Waals surface area contributed by atoms with Crippen molar-refractivity contribution >= 4 is 21.7 Å². The molecule has 1 atom stereocenters. The van der Waals surface area contributed by atoms with Crippen molar-refractivity contribution in [2.24, 2.45) is 10.8 Å². The molecule has 44 heavy (non-hydrogen) atoms. The average Bonchev–Trinajstić information content (AvgIpc) is 3.28. The van der Waals surface area contributed by atoms with Crippen LogP contribution in [0.5, 0.6) is 0 Å². The van der Waals surface area contributed by atoms with E-state index < -0.39 is 26.5 Å². The second-order valence-corrected chi connectivity index (χ2v) is 15.4. The van der Waals surface area contributed by atoms with E-state index in [0.29, 0.717) is 44.8 Å². The minimum atomic E-state index is -3.57. The molecule has 1 fully saturated rings. The van der Waals surface area contributed by atoms with Gasteiger partial charge in [0.2, 0.25) is 0 Å². The molecule has 3 heterocycles. The number of ether oxygens (including phenoxy) is 2. The fourth-order valence-corrected chi connectivity index (χ4v) is 7.62. The summed E-state index contributed by atoms with van der Waals surface area (Å²) >= 11 is 0. The number of hydrogen-bond donors (Lipinski definition) is 1. The zero-order valence-electron chi connectivity index (χ0n) is 26.1. The number of carbonyl (C=O) groups is 2. The second-order valence-electron chi connectivity index (χ2n) is 13.0. The lowest BCUT2D eigenvalue weighted by Crippen LogP contribution is -2.40. The third-order valence-corrected chi connectivity index (χ3v) is 11.1. The molecule has 0 bridgehead atoms. The van der Waals surface area contributed by atoms with Gasteiger partial charge in [0.1, 0.15) is 5.69 Å². The Morgan fingerprint density at radius 3 is 2.45 bits per heavy atom. The van der Waals surface area contributed by atoms with Crippen molar-refractivity contribution in [1.82, 2.24) is 15.1 Å². The maximum atomic E-state index is 13.2. The molecule has 1 saturated heterocycles. The van der Waals surface area contributed by atoms with Crippen LogP contribution in [0.2, 0.25) is 0 Å². The minimum Gasteiger partial charge on any atom is -0.462 e. The van der Waals surface area contributed by atoms with Crippen molar-refractivity contribution in [2.75, 3.05) is 26.4 Å². The molecule has 0 radical (unpaired) electrons.